The number of hydrogen-bond donors (Lipinski definition) is 6. The number of carbonyl (C=O) groups is 6. The van der Waals surface area contributed by atoms with Crippen LogP contribution in [0.5, 0.6) is 5.75 Å². The molecule has 0 saturated carbocycles. The van der Waals surface area contributed by atoms with Crippen LogP contribution >= 0.6 is 0 Å². The normalized spacial score (nSPS) is 17.6. The molecule has 0 radical (unpaired) electrons. The van der Waals surface area contributed by atoms with Crippen LogP contribution in [0, 0.1) is 18.9 Å². The predicted molar refractivity (Wildman–Crippen MR) is 286 cm³/mol. The zero-order valence-corrected chi connectivity index (χ0v) is 45.2. The van der Waals surface area contributed by atoms with Gasteiger partial charge in [0.15, 0.2) is 11.6 Å². The minimum absolute atomic E-state index is 0.0148. The summed E-state index contributed by atoms with van der Waals surface area (Å²) >= 11 is 0. The fourth-order valence-electron chi connectivity index (χ4n) is 9.22. The van der Waals surface area contributed by atoms with E-state index in [2.05, 4.69) is 41.5 Å². The number of benzene rings is 2. The third kappa shape index (κ3) is 14.7. The second-order valence-corrected chi connectivity index (χ2v) is 20.4. The van der Waals surface area contributed by atoms with Crippen LogP contribution in [0.4, 0.5) is 11.6 Å². The molecule has 2 aliphatic rings. The van der Waals surface area contributed by atoms with Gasteiger partial charge in [-0.05, 0) is 74.4 Å². The van der Waals surface area contributed by atoms with Crippen LogP contribution in [0.1, 0.15) is 112 Å². The third-order valence-corrected chi connectivity index (χ3v) is 13.6. The molecule has 2 aromatic carbocycles. The summed E-state index contributed by atoms with van der Waals surface area (Å²) in [6.45, 7) is 22.0. The van der Waals surface area contributed by atoms with E-state index in [-0.39, 0.29) is 119 Å². The van der Waals surface area contributed by atoms with E-state index in [4.69, 9.17) is 26.5 Å². The molecule has 0 aliphatic carbocycles. The Morgan fingerprint density at radius 2 is 1.68 bits per heavy atom. The third-order valence-electron chi connectivity index (χ3n) is 13.6. The number of nitrogens with two attached hydrogens (primary N) is 1. The number of rotatable bonds is 21. The number of amides is 6. The Kier molecular flexibility index (Phi) is 20.1. The Bertz CT molecular complexity index is 2750. The molecule has 0 spiro atoms. The Morgan fingerprint density at radius 3 is 2.34 bits per heavy atom. The fraction of sp³-hybridized carbons (Fsp3) is 0.509. The van der Waals surface area contributed by atoms with Crippen molar-refractivity contribution in [2.75, 3.05) is 59.3 Å². The molecule has 6 amide bonds. The Morgan fingerprint density at radius 1 is 0.987 bits per heavy atom. The fourth-order valence-corrected chi connectivity index (χ4v) is 9.22. The summed E-state index contributed by atoms with van der Waals surface area (Å²) in [5, 5.41) is 19.4. The minimum Gasteiger partial charge on any atom is -0.482 e. The number of ether oxygens (including phenoxy) is 3. The predicted octanol–water partition coefficient (Wildman–Crippen LogP) is 4.53. The largest absolute Gasteiger partial charge is 0.482 e. The Hall–Kier alpha value is -7.41. The molecule has 6 atom stereocenters. The van der Waals surface area contributed by atoms with Gasteiger partial charge in [0.25, 0.3) is 5.91 Å². The van der Waals surface area contributed by atoms with Crippen LogP contribution in [0.3, 0.4) is 0 Å². The summed E-state index contributed by atoms with van der Waals surface area (Å²) in [7, 11) is 3.34. The lowest BCUT2D eigenvalue weighted by Gasteiger charge is -2.36. The first-order chi connectivity index (χ1) is 36.2. The second kappa shape index (κ2) is 26.4. The van der Waals surface area contributed by atoms with Crippen LogP contribution in [0.25, 0.3) is 16.0 Å². The van der Waals surface area contributed by atoms with Gasteiger partial charge in [-0.25, -0.2) is 4.98 Å². The zero-order chi connectivity index (χ0) is 55.3. The number of likely N-dealkylation sites (N-methyl/N-ethyl adjacent to an activating group) is 1. The summed E-state index contributed by atoms with van der Waals surface area (Å²) in [6, 6.07) is 13.6. The van der Waals surface area contributed by atoms with Crippen molar-refractivity contribution in [1.82, 2.24) is 51.1 Å². The lowest BCUT2D eigenvalue weighted by Crippen LogP contribution is -2.59. The number of nitrogens with one attached hydrogen (secondary N) is 5. The summed E-state index contributed by atoms with van der Waals surface area (Å²) in [6.07, 6.45) is 1.88. The molecule has 2 aromatic heterocycles. The van der Waals surface area contributed by atoms with E-state index >= 15 is 0 Å². The first-order valence-electron chi connectivity index (χ1n) is 25.8. The van der Waals surface area contributed by atoms with E-state index in [0.29, 0.717) is 40.1 Å². The molecule has 2 aliphatic heterocycles. The Balaban J connectivity index is 0.971. The smallest absolute Gasteiger partial charge is 0.303 e. The number of anilines is 1. The van der Waals surface area contributed by atoms with Gasteiger partial charge in [0.05, 0.1) is 57.3 Å². The number of pyridine rings is 1. The molecule has 1 saturated heterocycles. The first-order valence-corrected chi connectivity index (χ1v) is 25.8. The van der Waals surface area contributed by atoms with Crippen LogP contribution in [-0.2, 0) is 46.5 Å². The van der Waals surface area contributed by atoms with Crippen LogP contribution < -0.4 is 37.1 Å². The van der Waals surface area contributed by atoms with E-state index in [1.807, 2.05) is 84.0 Å². The highest BCUT2D eigenvalue weighted by molar-refractivity contribution is 5.96. The average Bonchev–Trinajstić information content (AvgIpc) is 3.99. The number of aromatic nitrogens is 3. The maximum absolute atomic E-state index is 14.4. The molecule has 2 bridgehead atoms. The van der Waals surface area contributed by atoms with Gasteiger partial charge in [-0.3, -0.25) is 28.8 Å². The van der Waals surface area contributed by atoms with Crippen molar-refractivity contribution in [2.45, 2.75) is 124 Å². The molecule has 76 heavy (non-hydrogen) atoms. The number of hydrogen-bond acceptors (Lipinski definition) is 13. The van der Waals surface area contributed by atoms with Gasteiger partial charge >= 0.3 is 5.82 Å². The van der Waals surface area contributed by atoms with E-state index in [1.165, 1.54) is 4.90 Å². The monoisotopic (exact) mass is 1050 g/mol. The summed E-state index contributed by atoms with van der Waals surface area (Å²) in [4.78, 5) is 92.6. The van der Waals surface area contributed by atoms with Crippen molar-refractivity contribution < 1.29 is 43.0 Å². The van der Waals surface area contributed by atoms with Crippen molar-refractivity contribution in [1.29, 1.82) is 0 Å². The van der Waals surface area contributed by atoms with Gasteiger partial charge < -0.3 is 61.2 Å². The van der Waals surface area contributed by atoms with Gasteiger partial charge in [-0.2, -0.15) is 4.68 Å². The Labute approximate surface area is 445 Å². The molecule has 21 nitrogen and oxygen atoms in total. The summed E-state index contributed by atoms with van der Waals surface area (Å²) in [5.74, 6) is -1.39. The highest BCUT2D eigenvalue weighted by Gasteiger charge is 2.46. The van der Waals surface area contributed by atoms with Crippen molar-refractivity contribution in [3.8, 4) is 16.9 Å². The lowest BCUT2D eigenvalue weighted by molar-refractivity contribution is -0.144. The topological polar surface area (TPSA) is 258 Å². The summed E-state index contributed by atoms with van der Waals surface area (Å²) in [5.41, 5.74) is 10.2. The maximum Gasteiger partial charge on any atom is 0.303 e. The molecule has 21 heteroatoms. The van der Waals surface area contributed by atoms with Gasteiger partial charge in [0.1, 0.15) is 18.2 Å². The van der Waals surface area contributed by atoms with Crippen LogP contribution in [0.2, 0.25) is 0 Å². The second-order valence-electron chi connectivity index (χ2n) is 20.4. The SMILES string of the molecule is [C-]#[N+]c1nn(CCNC(=O)CCOCCOCCC(=O)N[C@H]2C[C@@H](C(=O)N[C@H](CC)c3ccccc3)N(C(=O)[C@@H](NC(=O)[C@H](C)NC)C(C)(C)C)C2)c2c1-c1cnc(N)c(c1)O[C@H](C)c1cc(C)ccc1C(=O)N(C)C2. The van der Waals surface area contributed by atoms with Gasteiger partial charge in [0.2, 0.25) is 29.5 Å². The first kappa shape index (κ1) is 57.9. The highest BCUT2D eigenvalue weighted by Crippen LogP contribution is 2.39. The molecule has 4 aromatic rings. The van der Waals surface area contributed by atoms with Gasteiger partial charge in [0, 0.05) is 61.9 Å². The highest BCUT2D eigenvalue weighted by atomic mass is 16.5. The van der Waals surface area contributed by atoms with Crippen LogP contribution in [-0.4, -0.2) is 138 Å². The standard InChI is InChI=1S/C55H74N12O9/c1-11-41(36-15-13-12-14-16-36)62-52(71)42-29-38(31-66(42)54(73)48(55(5,6)7)63-51(70)34(3)57-8)61-46(69)20-24-75-26-25-74-23-19-45(68)59-21-22-67-43-32-65(10)53(72)39-18-17-33(2)27-40(39)35(4)76-44-28-37(30-60-49(44)56)47(43)50(58-9)64-67/h12-18,27-28,30,34-35,38,41-42,48,57H,11,19-26,29,31-32H2,1-8,10H3,(H2,56,60)(H,59,68)(H,61,69)(H,62,71)(H,63,70)/t34-,35+,38-,41+,42-,48+/m0/s1. The number of carbonyl (C=O) groups excluding carboxylic acids is 6. The van der Waals surface area contributed by atoms with Crippen molar-refractivity contribution >= 4 is 47.1 Å². The van der Waals surface area contributed by atoms with Gasteiger partial charge in [-0.15, -0.1) is 0 Å². The molecule has 0 unspecified atom stereocenters. The van der Waals surface area contributed by atoms with E-state index in [9.17, 15) is 28.8 Å². The van der Waals surface area contributed by atoms with Crippen molar-refractivity contribution in [3.63, 3.8) is 0 Å². The number of likely N-dealkylation sites (tertiary alicyclic amines) is 1. The van der Waals surface area contributed by atoms with Gasteiger partial charge in [-0.1, -0.05) is 82.3 Å². The molecule has 4 heterocycles. The quantitative estimate of drug-likeness (QED) is 0.0496. The van der Waals surface area contributed by atoms with Crippen molar-refractivity contribution in [3.05, 3.63) is 100 Å². The number of aryl methyl sites for hydroxylation is 1. The minimum atomic E-state index is -0.947. The van der Waals surface area contributed by atoms with E-state index in [0.717, 1.165) is 11.1 Å². The molecule has 7 N–H and O–H groups in total. The number of nitrogen functional groups attached to an aromatic ring is 1. The van der Waals surface area contributed by atoms with E-state index < -0.39 is 41.6 Å². The molecule has 6 rings (SSSR count). The zero-order valence-electron chi connectivity index (χ0n) is 45.2. The molecule has 1 fully saturated rings. The van der Waals surface area contributed by atoms with E-state index in [1.54, 1.807) is 48.9 Å². The number of fused-ring (bicyclic) bond motifs is 5. The number of nitrogens with zero attached hydrogens (tertiary/aromatic N) is 6. The molecular formula is C55H74N12O9. The maximum atomic E-state index is 14.4. The summed E-state index contributed by atoms with van der Waals surface area (Å²) < 4.78 is 19.2. The average molecular weight is 1050 g/mol. The molecule has 408 valence electrons. The van der Waals surface area contributed by atoms with Crippen LogP contribution in [0.15, 0.2) is 60.8 Å². The molecular weight excluding hydrogens is 973 g/mol. The van der Waals surface area contributed by atoms with Crippen molar-refractivity contribution in [2.24, 2.45) is 5.41 Å². The lowest BCUT2D eigenvalue weighted by atomic mass is 9.85.